The third-order valence-electron chi connectivity index (χ3n) is 5.18. The van der Waals surface area contributed by atoms with Crippen LogP contribution < -0.4 is 4.74 Å². The van der Waals surface area contributed by atoms with E-state index in [1.165, 1.54) is 5.56 Å². The zero-order valence-electron chi connectivity index (χ0n) is 17.8. The van der Waals surface area contributed by atoms with Crippen LogP contribution in [0.2, 0.25) is 0 Å². The van der Waals surface area contributed by atoms with E-state index in [-0.39, 0.29) is 5.91 Å². The Morgan fingerprint density at radius 2 is 2.19 bits per heavy atom. The second kappa shape index (κ2) is 9.70. The van der Waals surface area contributed by atoms with E-state index in [1.807, 2.05) is 31.2 Å². The van der Waals surface area contributed by atoms with Crippen LogP contribution in [0.5, 0.6) is 5.75 Å². The van der Waals surface area contributed by atoms with Crippen LogP contribution in [0, 0.1) is 13.8 Å². The minimum atomic E-state index is -0.429. The van der Waals surface area contributed by atoms with Gasteiger partial charge in [0.05, 0.1) is 19.8 Å². The summed E-state index contributed by atoms with van der Waals surface area (Å²) in [5.41, 5.74) is 3.08. The topological polar surface area (TPSA) is 90.6 Å². The van der Waals surface area contributed by atoms with E-state index in [2.05, 4.69) is 28.1 Å². The number of amides is 1. The van der Waals surface area contributed by atoms with Gasteiger partial charge in [0.25, 0.3) is 5.89 Å². The number of aryl methyl sites for hydroxylation is 2. The fourth-order valence-corrected chi connectivity index (χ4v) is 3.53. The summed E-state index contributed by atoms with van der Waals surface area (Å²) < 4.78 is 17.0. The molecule has 162 valence electrons. The van der Waals surface area contributed by atoms with Gasteiger partial charge in [-0.15, -0.1) is 0 Å². The Bertz CT molecular complexity index is 1020. The predicted octanol–water partition coefficient (Wildman–Crippen LogP) is 3.51. The Morgan fingerprint density at radius 3 is 3.00 bits per heavy atom. The molecule has 1 atom stereocenters. The molecule has 8 nitrogen and oxygen atoms in total. The lowest BCUT2D eigenvalue weighted by molar-refractivity contribution is -0.140. The zero-order chi connectivity index (χ0) is 21.6. The number of hydrogen-bond donors (Lipinski definition) is 0. The van der Waals surface area contributed by atoms with Gasteiger partial charge >= 0.3 is 0 Å². The van der Waals surface area contributed by atoms with Crippen molar-refractivity contribution in [2.75, 3.05) is 26.3 Å². The standard InChI is InChI=1S/C23H26N4O4/c1-16-7-8-19(17(2)13-16)29-11-4-6-21(28)27-10-12-30-20(15-27)23-25-22(26-31-23)18-5-3-9-24-14-18/h3,5,7-9,13-14,20H,4,6,10-12,15H2,1-2H3/t20-/m1/s1. The highest BCUT2D eigenvalue weighted by Crippen LogP contribution is 2.24. The van der Waals surface area contributed by atoms with Gasteiger partial charge in [-0.1, -0.05) is 22.9 Å². The van der Waals surface area contributed by atoms with Crippen LogP contribution in [0.3, 0.4) is 0 Å². The summed E-state index contributed by atoms with van der Waals surface area (Å²) >= 11 is 0. The summed E-state index contributed by atoms with van der Waals surface area (Å²) in [5.74, 6) is 1.77. The van der Waals surface area contributed by atoms with Crippen molar-refractivity contribution in [3.8, 4) is 17.1 Å². The lowest BCUT2D eigenvalue weighted by Crippen LogP contribution is -2.42. The Hall–Kier alpha value is -3.26. The highest BCUT2D eigenvalue weighted by Gasteiger charge is 2.29. The van der Waals surface area contributed by atoms with E-state index < -0.39 is 6.10 Å². The first kappa shape index (κ1) is 21.0. The maximum atomic E-state index is 12.7. The minimum absolute atomic E-state index is 0.0736. The number of hydrogen-bond acceptors (Lipinski definition) is 7. The molecule has 1 fully saturated rings. The van der Waals surface area contributed by atoms with Gasteiger partial charge < -0.3 is 18.9 Å². The molecule has 3 aromatic rings. The van der Waals surface area contributed by atoms with Crippen LogP contribution in [0.4, 0.5) is 0 Å². The summed E-state index contributed by atoms with van der Waals surface area (Å²) in [4.78, 5) is 22.9. The van der Waals surface area contributed by atoms with Gasteiger partial charge in [-0.25, -0.2) is 0 Å². The number of carbonyl (C=O) groups excluding carboxylic acids is 1. The molecular formula is C23H26N4O4. The average molecular weight is 422 g/mol. The molecule has 1 amide bonds. The van der Waals surface area contributed by atoms with Crippen LogP contribution in [-0.2, 0) is 9.53 Å². The van der Waals surface area contributed by atoms with Crippen molar-refractivity contribution >= 4 is 5.91 Å². The van der Waals surface area contributed by atoms with Gasteiger partial charge in [0.2, 0.25) is 11.7 Å². The number of morpholine rings is 1. The molecule has 0 radical (unpaired) electrons. The summed E-state index contributed by atoms with van der Waals surface area (Å²) in [6.45, 7) is 5.96. The summed E-state index contributed by atoms with van der Waals surface area (Å²) in [6.07, 6.45) is 4.00. The Kier molecular flexibility index (Phi) is 6.57. The summed E-state index contributed by atoms with van der Waals surface area (Å²) in [7, 11) is 0. The number of aromatic nitrogens is 3. The monoisotopic (exact) mass is 422 g/mol. The third kappa shape index (κ3) is 5.27. The SMILES string of the molecule is Cc1ccc(OCCCC(=O)N2CCO[C@@H](c3nc(-c4cccnc4)no3)C2)c(C)c1. The normalized spacial score (nSPS) is 16.3. The van der Waals surface area contributed by atoms with Crippen molar-refractivity contribution in [1.82, 2.24) is 20.0 Å². The largest absolute Gasteiger partial charge is 0.493 e. The molecule has 0 aliphatic carbocycles. The van der Waals surface area contributed by atoms with Gasteiger partial charge in [0, 0.05) is 30.9 Å². The van der Waals surface area contributed by atoms with E-state index in [0.717, 1.165) is 16.9 Å². The molecule has 4 rings (SSSR count). The first-order valence-corrected chi connectivity index (χ1v) is 10.4. The highest BCUT2D eigenvalue weighted by molar-refractivity contribution is 5.76. The van der Waals surface area contributed by atoms with Gasteiger partial charge in [-0.3, -0.25) is 9.78 Å². The van der Waals surface area contributed by atoms with Crippen molar-refractivity contribution in [3.05, 3.63) is 59.7 Å². The molecule has 8 heteroatoms. The molecule has 0 bridgehead atoms. The number of ether oxygens (including phenoxy) is 2. The number of pyridine rings is 1. The van der Waals surface area contributed by atoms with Gasteiger partial charge in [0.1, 0.15) is 5.75 Å². The van der Waals surface area contributed by atoms with E-state index >= 15 is 0 Å². The Morgan fingerprint density at radius 1 is 1.29 bits per heavy atom. The fourth-order valence-electron chi connectivity index (χ4n) is 3.53. The number of benzene rings is 1. The van der Waals surface area contributed by atoms with E-state index in [1.54, 1.807) is 17.3 Å². The molecule has 1 saturated heterocycles. The molecule has 31 heavy (non-hydrogen) atoms. The fraction of sp³-hybridized carbons (Fsp3) is 0.391. The van der Waals surface area contributed by atoms with Gasteiger partial charge in [-0.05, 0) is 44.0 Å². The molecule has 0 spiro atoms. The van der Waals surface area contributed by atoms with Crippen molar-refractivity contribution in [2.45, 2.75) is 32.8 Å². The predicted molar refractivity (Wildman–Crippen MR) is 113 cm³/mol. The smallest absolute Gasteiger partial charge is 0.257 e. The summed E-state index contributed by atoms with van der Waals surface area (Å²) in [6, 6.07) is 9.76. The first-order chi connectivity index (χ1) is 15.1. The van der Waals surface area contributed by atoms with Crippen LogP contribution in [0.15, 0.2) is 47.2 Å². The summed E-state index contributed by atoms with van der Waals surface area (Å²) in [5, 5.41) is 4.01. The molecule has 3 heterocycles. The van der Waals surface area contributed by atoms with E-state index in [9.17, 15) is 4.79 Å². The third-order valence-corrected chi connectivity index (χ3v) is 5.18. The maximum absolute atomic E-state index is 12.7. The van der Waals surface area contributed by atoms with Crippen LogP contribution in [0.1, 0.15) is 36.0 Å². The van der Waals surface area contributed by atoms with Crippen molar-refractivity contribution in [2.24, 2.45) is 0 Å². The molecular weight excluding hydrogens is 396 g/mol. The quantitative estimate of drug-likeness (QED) is 0.538. The first-order valence-electron chi connectivity index (χ1n) is 10.4. The van der Waals surface area contributed by atoms with E-state index in [0.29, 0.717) is 50.9 Å². The molecule has 1 aliphatic rings. The molecule has 0 N–H and O–H groups in total. The molecule has 1 aliphatic heterocycles. The molecule has 2 aromatic heterocycles. The lowest BCUT2D eigenvalue weighted by Gasteiger charge is -2.31. The number of rotatable bonds is 7. The second-order valence-corrected chi connectivity index (χ2v) is 7.62. The van der Waals surface area contributed by atoms with Crippen molar-refractivity contribution in [1.29, 1.82) is 0 Å². The number of nitrogens with zero attached hydrogens (tertiary/aromatic N) is 4. The average Bonchev–Trinajstić information content (AvgIpc) is 3.29. The number of carbonyl (C=O) groups is 1. The molecule has 0 unspecified atom stereocenters. The van der Waals surface area contributed by atoms with Gasteiger partial charge in [0.15, 0.2) is 6.10 Å². The van der Waals surface area contributed by atoms with Crippen molar-refractivity contribution in [3.63, 3.8) is 0 Å². The zero-order valence-corrected chi connectivity index (χ0v) is 17.8. The van der Waals surface area contributed by atoms with Crippen molar-refractivity contribution < 1.29 is 18.8 Å². The lowest BCUT2D eigenvalue weighted by atomic mass is 10.1. The second-order valence-electron chi connectivity index (χ2n) is 7.62. The van der Waals surface area contributed by atoms with Crippen LogP contribution in [0.25, 0.3) is 11.4 Å². The molecule has 0 saturated carbocycles. The van der Waals surface area contributed by atoms with E-state index in [4.69, 9.17) is 14.0 Å². The van der Waals surface area contributed by atoms with Gasteiger partial charge in [-0.2, -0.15) is 4.98 Å². The highest BCUT2D eigenvalue weighted by atomic mass is 16.5. The Balaban J connectivity index is 1.27. The van der Waals surface area contributed by atoms with Crippen LogP contribution in [-0.4, -0.2) is 52.2 Å². The van der Waals surface area contributed by atoms with Crippen LogP contribution >= 0.6 is 0 Å². The minimum Gasteiger partial charge on any atom is -0.493 e. The molecule has 1 aromatic carbocycles. The maximum Gasteiger partial charge on any atom is 0.257 e. The Labute approximate surface area is 181 Å².